The van der Waals surface area contributed by atoms with Crippen LogP contribution in [0.5, 0.6) is 0 Å². The number of aromatic nitrogens is 1. The fourth-order valence-corrected chi connectivity index (χ4v) is 3.31. The molecule has 23 heavy (non-hydrogen) atoms. The summed E-state index contributed by atoms with van der Waals surface area (Å²) in [6, 6.07) is 21.3. The highest BCUT2D eigenvalue weighted by molar-refractivity contribution is 7.99. The lowest BCUT2D eigenvalue weighted by molar-refractivity contribution is 0.102. The molecule has 1 aromatic heterocycles. The van der Waals surface area contributed by atoms with E-state index >= 15 is 0 Å². The Labute approximate surface area is 137 Å². The Kier molecular flexibility index (Phi) is 3.60. The molecule has 0 saturated carbocycles. The molecule has 112 valence electrons. The summed E-state index contributed by atoms with van der Waals surface area (Å²) >= 11 is 1.33. The van der Waals surface area contributed by atoms with Gasteiger partial charge in [-0.25, -0.2) is 4.98 Å². The highest BCUT2D eigenvalue weighted by Crippen LogP contribution is 2.25. The van der Waals surface area contributed by atoms with Gasteiger partial charge in [-0.05, 0) is 22.9 Å². The second kappa shape index (κ2) is 5.89. The van der Waals surface area contributed by atoms with Gasteiger partial charge in [0.05, 0.1) is 5.75 Å². The maximum atomic E-state index is 12.6. The number of rotatable bonds is 4. The number of thioether (sulfide) groups is 1. The summed E-state index contributed by atoms with van der Waals surface area (Å²) in [6.07, 6.45) is 0. The molecule has 4 rings (SSSR count). The van der Waals surface area contributed by atoms with Gasteiger partial charge >= 0.3 is 0 Å². The first-order valence-electron chi connectivity index (χ1n) is 7.30. The van der Waals surface area contributed by atoms with E-state index in [9.17, 15) is 4.79 Å². The monoisotopic (exact) mass is 319 g/mol. The normalized spacial score (nSPS) is 11.1. The van der Waals surface area contributed by atoms with E-state index in [4.69, 9.17) is 4.42 Å². The van der Waals surface area contributed by atoms with Gasteiger partial charge in [0.15, 0.2) is 11.4 Å². The minimum atomic E-state index is 0.0778. The Hall–Kier alpha value is -2.59. The van der Waals surface area contributed by atoms with Crippen LogP contribution in [0.1, 0.15) is 10.4 Å². The van der Waals surface area contributed by atoms with E-state index in [0.717, 1.165) is 27.4 Å². The van der Waals surface area contributed by atoms with Crippen molar-refractivity contribution in [3.8, 4) is 0 Å². The molecule has 0 aliphatic rings. The van der Waals surface area contributed by atoms with Crippen molar-refractivity contribution in [3.05, 3.63) is 72.3 Å². The molecule has 0 aliphatic heterocycles. The topological polar surface area (TPSA) is 43.1 Å². The number of oxazole rings is 1. The van der Waals surface area contributed by atoms with Crippen LogP contribution in [0.25, 0.3) is 21.9 Å². The zero-order valence-electron chi connectivity index (χ0n) is 12.2. The number of para-hydroxylation sites is 2. The van der Waals surface area contributed by atoms with E-state index in [1.165, 1.54) is 11.8 Å². The predicted octanol–water partition coefficient (Wildman–Crippen LogP) is 4.96. The first-order chi connectivity index (χ1) is 11.3. The Bertz CT molecular complexity index is 968. The van der Waals surface area contributed by atoms with Crippen molar-refractivity contribution >= 4 is 39.4 Å². The van der Waals surface area contributed by atoms with Crippen LogP contribution in [0.3, 0.4) is 0 Å². The maximum Gasteiger partial charge on any atom is 0.257 e. The third-order valence-corrected chi connectivity index (χ3v) is 4.52. The molecule has 1 heterocycles. The van der Waals surface area contributed by atoms with Gasteiger partial charge in [-0.2, -0.15) is 0 Å². The molecule has 0 amide bonds. The van der Waals surface area contributed by atoms with E-state index in [1.54, 1.807) is 0 Å². The molecule has 0 bridgehead atoms. The van der Waals surface area contributed by atoms with Gasteiger partial charge < -0.3 is 4.42 Å². The molecule has 0 radical (unpaired) electrons. The highest BCUT2D eigenvalue weighted by atomic mass is 32.2. The quantitative estimate of drug-likeness (QED) is 0.394. The minimum absolute atomic E-state index is 0.0778. The molecule has 0 aliphatic carbocycles. The number of ketones is 1. The van der Waals surface area contributed by atoms with Crippen LogP contribution in [0.4, 0.5) is 0 Å². The number of Topliss-reactive ketones (excluding diaryl/α,β-unsaturated/α-hetero) is 1. The van der Waals surface area contributed by atoms with Crippen LogP contribution in [0, 0.1) is 0 Å². The minimum Gasteiger partial charge on any atom is -0.431 e. The first kappa shape index (κ1) is 14.0. The van der Waals surface area contributed by atoms with Crippen LogP contribution in [-0.4, -0.2) is 16.5 Å². The van der Waals surface area contributed by atoms with E-state index in [0.29, 0.717) is 11.0 Å². The molecule has 0 unspecified atom stereocenters. The molecule has 4 aromatic rings. The molecule has 0 atom stereocenters. The lowest BCUT2D eigenvalue weighted by Gasteiger charge is -2.04. The van der Waals surface area contributed by atoms with Crippen molar-refractivity contribution in [3.63, 3.8) is 0 Å². The van der Waals surface area contributed by atoms with Crippen molar-refractivity contribution < 1.29 is 9.21 Å². The third kappa shape index (κ3) is 2.73. The summed E-state index contributed by atoms with van der Waals surface area (Å²) in [7, 11) is 0. The summed E-state index contributed by atoms with van der Waals surface area (Å²) in [5.41, 5.74) is 2.30. The maximum absolute atomic E-state index is 12.6. The molecule has 0 N–H and O–H groups in total. The van der Waals surface area contributed by atoms with E-state index in [2.05, 4.69) is 4.98 Å². The predicted molar refractivity (Wildman–Crippen MR) is 93.0 cm³/mol. The standard InChI is InChI=1S/C19H13NO2S/c21-17(15-9-5-7-13-6-1-2-8-14(13)15)12-23-19-20-16-10-3-4-11-18(16)22-19/h1-11H,12H2. The van der Waals surface area contributed by atoms with Gasteiger partial charge in [0, 0.05) is 5.56 Å². The fourth-order valence-electron chi connectivity index (χ4n) is 2.59. The van der Waals surface area contributed by atoms with Crippen LogP contribution < -0.4 is 0 Å². The SMILES string of the molecule is O=C(CSc1nc2ccccc2o1)c1cccc2ccccc12. The zero-order chi connectivity index (χ0) is 15.6. The van der Waals surface area contributed by atoms with Gasteiger partial charge in [0.25, 0.3) is 5.22 Å². The number of hydrogen-bond acceptors (Lipinski definition) is 4. The Morgan fingerprint density at radius 3 is 2.65 bits per heavy atom. The second-order valence-corrected chi connectivity index (χ2v) is 6.11. The summed E-state index contributed by atoms with van der Waals surface area (Å²) < 4.78 is 5.64. The Morgan fingerprint density at radius 2 is 1.74 bits per heavy atom. The van der Waals surface area contributed by atoms with Gasteiger partial charge in [0.1, 0.15) is 5.52 Å². The number of benzene rings is 3. The first-order valence-corrected chi connectivity index (χ1v) is 8.29. The van der Waals surface area contributed by atoms with Gasteiger partial charge in [0.2, 0.25) is 0 Å². The largest absolute Gasteiger partial charge is 0.431 e. The molecule has 0 saturated heterocycles. The van der Waals surface area contributed by atoms with Gasteiger partial charge in [-0.15, -0.1) is 0 Å². The summed E-state index contributed by atoms with van der Waals surface area (Å²) in [6.45, 7) is 0. The lowest BCUT2D eigenvalue weighted by Crippen LogP contribution is -2.03. The molecule has 4 heteroatoms. The van der Waals surface area contributed by atoms with Gasteiger partial charge in [-0.3, -0.25) is 4.79 Å². The van der Waals surface area contributed by atoms with Crippen molar-refractivity contribution in [1.29, 1.82) is 0 Å². The molecule has 0 spiro atoms. The van der Waals surface area contributed by atoms with Crippen molar-refractivity contribution in [1.82, 2.24) is 4.98 Å². The number of hydrogen-bond donors (Lipinski definition) is 0. The number of carbonyl (C=O) groups excluding carboxylic acids is 1. The summed E-state index contributed by atoms with van der Waals surface area (Å²) in [5, 5.41) is 2.59. The van der Waals surface area contributed by atoms with Gasteiger partial charge in [-0.1, -0.05) is 66.4 Å². The average Bonchev–Trinajstić information content (AvgIpc) is 3.02. The van der Waals surface area contributed by atoms with Crippen molar-refractivity contribution in [2.45, 2.75) is 5.22 Å². The molecular formula is C19H13NO2S. The molecular weight excluding hydrogens is 306 g/mol. The average molecular weight is 319 g/mol. The van der Waals surface area contributed by atoms with E-state index in [1.807, 2.05) is 66.7 Å². The molecule has 3 nitrogen and oxygen atoms in total. The third-order valence-electron chi connectivity index (χ3n) is 3.69. The van der Waals surface area contributed by atoms with E-state index < -0.39 is 0 Å². The van der Waals surface area contributed by atoms with Crippen molar-refractivity contribution in [2.75, 3.05) is 5.75 Å². The lowest BCUT2D eigenvalue weighted by atomic mass is 10.0. The van der Waals surface area contributed by atoms with E-state index in [-0.39, 0.29) is 5.78 Å². The number of nitrogens with zero attached hydrogens (tertiary/aromatic N) is 1. The van der Waals surface area contributed by atoms with Crippen LogP contribution >= 0.6 is 11.8 Å². The molecule has 0 fully saturated rings. The Balaban J connectivity index is 1.57. The fraction of sp³-hybridized carbons (Fsp3) is 0.0526. The summed E-state index contributed by atoms with van der Waals surface area (Å²) in [5.74, 6) is 0.384. The number of fused-ring (bicyclic) bond motifs is 2. The number of carbonyl (C=O) groups is 1. The van der Waals surface area contributed by atoms with Crippen molar-refractivity contribution in [2.24, 2.45) is 0 Å². The zero-order valence-corrected chi connectivity index (χ0v) is 13.0. The second-order valence-electron chi connectivity index (χ2n) is 5.19. The smallest absolute Gasteiger partial charge is 0.257 e. The van der Waals surface area contributed by atoms with Crippen LogP contribution in [-0.2, 0) is 0 Å². The van der Waals surface area contributed by atoms with Crippen LogP contribution in [0.2, 0.25) is 0 Å². The summed E-state index contributed by atoms with van der Waals surface area (Å²) in [4.78, 5) is 16.9. The highest BCUT2D eigenvalue weighted by Gasteiger charge is 2.13. The Morgan fingerprint density at radius 1 is 0.957 bits per heavy atom. The molecule has 3 aromatic carbocycles. The van der Waals surface area contributed by atoms with Crippen LogP contribution in [0.15, 0.2) is 76.4 Å².